The second-order valence-corrected chi connectivity index (χ2v) is 12.2. The van der Waals surface area contributed by atoms with Gasteiger partial charge in [-0.05, 0) is 35.5 Å². The Morgan fingerprint density at radius 2 is 0.333 bits per heavy atom. The van der Waals surface area contributed by atoms with E-state index < -0.39 is 0 Å². The van der Waals surface area contributed by atoms with Gasteiger partial charge in [-0.3, -0.25) is 0 Å². The van der Waals surface area contributed by atoms with E-state index in [4.69, 9.17) is 0 Å². The monoisotopic (exact) mass is 427 g/mol. The van der Waals surface area contributed by atoms with Crippen LogP contribution < -0.4 is 0 Å². The summed E-state index contributed by atoms with van der Waals surface area (Å²) in [7, 11) is 0. The van der Waals surface area contributed by atoms with Crippen molar-refractivity contribution < 1.29 is 0 Å². The fourth-order valence-corrected chi connectivity index (χ4v) is 3.32. The third-order valence-corrected chi connectivity index (χ3v) is 5.44. The summed E-state index contributed by atoms with van der Waals surface area (Å²) in [5, 5.41) is 0. The molecule has 0 aromatic carbocycles. The summed E-state index contributed by atoms with van der Waals surface area (Å²) >= 11 is 0. The molecule has 0 aliphatic rings. The molecule has 0 radical (unpaired) electrons. The molecule has 0 heteroatoms. The molecular weight excluding hydrogens is 360 g/mol. The van der Waals surface area contributed by atoms with E-state index in [2.05, 4.69) is 83.1 Å². The summed E-state index contributed by atoms with van der Waals surface area (Å²) in [5.74, 6) is 5.37. The maximum Gasteiger partial charge on any atom is -0.0471 e. The van der Waals surface area contributed by atoms with Crippen molar-refractivity contribution in [3.05, 3.63) is 0 Å². The van der Waals surface area contributed by atoms with Crippen LogP contribution in [0.3, 0.4) is 0 Å². The smallest absolute Gasteiger partial charge is 0.0471 e. The van der Waals surface area contributed by atoms with Crippen LogP contribution in [0.15, 0.2) is 0 Å². The Kier molecular flexibility index (Phi) is 29.1. The molecule has 0 heterocycles. The lowest BCUT2D eigenvalue weighted by atomic mass is 10.0. The van der Waals surface area contributed by atoms with Crippen LogP contribution in [0.1, 0.15) is 160 Å². The molecule has 0 atom stereocenters. The second kappa shape index (κ2) is 25.3. The van der Waals surface area contributed by atoms with Crippen LogP contribution in [0.2, 0.25) is 0 Å². The van der Waals surface area contributed by atoms with E-state index in [9.17, 15) is 0 Å². The molecule has 0 aromatic heterocycles. The van der Waals surface area contributed by atoms with Gasteiger partial charge in [0.15, 0.2) is 0 Å². The van der Waals surface area contributed by atoms with Gasteiger partial charge in [-0.1, -0.05) is 160 Å². The zero-order chi connectivity index (χ0) is 23.9. The third kappa shape index (κ3) is 46.3. The molecule has 0 unspecified atom stereocenters. The van der Waals surface area contributed by atoms with Gasteiger partial charge in [0, 0.05) is 0 Å². The average Bonchev–Trinajstić information content (AvgIpc) is 2.60. The predicted octanol–water partition coefficient (Wildman–Crippen LogP) is 11.6. The van der Waals surface area contributed by atoms with Crippen molar-refractivity contribution in [2.75, 3.05) is 0 Å². The van der Waals surface area contributed by atoms with Crippen molar-refractivity contribution >= 4 is 0 Å². The molecule has 0 aromatic rings. The van der Waals surface area contributed by atoms with Gasteiger partial charge >= 0.3 is 0 Å². The standard InChI is InChI=1S/3C10H22/c3*1-9(2)7-5-6-8-10(3)4/h3*9-10H,5-8H2,1-4H3. The number of unbranched alkanes of at least 4 members (excludes halogenated alkanes) is 3. The van der Waals surface area contributed by atoms with E-state index in [1.54, 1.807) is 0 Å². The van der Waals surface area contributed by atoms with Crippen molar-refractivity contribution in [1.82, 2.24) is 0 Å². The molecule has 0 N–H and O–H groups in total. The van der Waals surface area contributed by atoms with E-state index in [-0.39, 0.29) is 0 Å². The molecule has 0 saturated carbocycles. The molecule has 0 rings (SSSR count). The zero-order valence-corrected chi connectivity index (χ0v) is 23.9. The van der Waals surface area contributed by atoms with Gasteiger partial charge in [-0.15, -0.1) is 0 Å². The lowest BCUT2D eigenvalue weighted by Gasteiger charge is -2.05. The molecule has 0 aliphatic heterocycles. The fraction of sp³-hybridized carbons (Fsp3) is 1.00. The lowest BCUT2D eigenvalue weighted by Crippen LogP contribution is -1.90. The molecule has 0 nitrogen and oxygen atoms in total. The van der Waals surface area contributed by atoms with Gasteiger partial charge in [0.25, 0.3) is 0 Å². The van der Waals surface area contributed by atoms with Crippen LogP contribution in [0.5, 0.6) is 0 Å². The van der Waals surface area contributed by atoms with E-state index in [1.165, 1.54) is 77.0 Å². The predicted molar refractivity (Wildman–Crippen MR) is 144 cm³/mol. The Morgan fingerprint density at radius 3 is 0.400 bits per heavy atom. The topological polar surface area (TPSA) is 0 Å². The van der Waals surface area contributed by atoms with E-state index >= 15 is 0 Å². The normalized spacial score (nSPS) is 11.4. The summed E-state index contributed by atoms with van der Waals surface area (Å²) in [4.78, 5) is 0. The average molecular weight is 427 g/mol. The van der Waals surface area contributed by atoms with Gasteiger partial charge in [-0.2, -0.15) is 0 Å². The van der Waals surface area contributed by atoms with Crippen molar-refractivity contribution in [1.29, 1.82) is 0 Å². The highest BCUT2D eigenvalue weighted by atomic mass is 14.0. The van der Waals surface area contributed by atoms with E-state index in [0.717, 1.165) is 35.5 Å². The van der Waals surface area contributed by atoms with E-state index in [0.29, 0.717) is 0 Å². The second-order valence-electron chi connectivity index (χ2n) is 12.2. The van der Waals surface area contributed by atoms with E-state index in [1.807, 2.05) is 0 Å². The lowest BCUT2D eigenvalue weighted by molar-refractivity contribution is 0.483. The largest absolute Gasteiger partial charge is 0.0628 e. The SMILES string of the molecule is CC(C)CCCCC(C)C.CC(C)CCCCC(C)C.CC(C)CCCCC(C)C. The molecule has 0 amide bonds. The van der Waals surface area contributed by atoms with Crippen LogP contribution in [0.25, 0.3) is 0 Å². The molecule has 0 aliphatic carbocycles. The summed E-state index contributed by atoms with van der Waals surface area (Å²) in [6, 6.07) is 0. The highest BCUT2D eigenvalue weighted by Crippen LogP contribution is 2.13. The summed E-state index contributed by atoms with van der Waals surface area (Å²) in [5.41, 5.74) is 0. The Balaban J connectivity index is -0.000000364. The summed E-state index contributed by atoms with van der Waals surface area (Å²) < 4.78 is 0. The van der Waals surface area contributed by atoms with Gasteiger partial charge in [0.1, 0.15) is 0 Å². The third-order valence-electron chi connectivity index (χ3n) is 5.44. The minimum atomic E-state index is 0.896. The number of hydrogen-bond acceptors (Lipinski definition) is 0. The molecule has 0 spiro atoms. The zero-order valence-electron chi connectivity index (χ0n) is 23.9. The Hall–Kier alpha value is 0. The first-order valence-electron chi connectivity index (χ1n) is 13.9. The van der Waals surface area contributed by atoms with Crippen LogP contribution >= 0.6 is 0 Å². The molecule has 0 bridgehead atoms. The molecule has 0 fully saturated rings. The maximum absolute atomic E-state index is 2.30. The van der Waals surface area contributed by atoms with Gasteiger partial charge in [0.2, 0.25) is 0 Å². The van der Waals surface area contributed by atoms with Crippen molar-refractivity contribution in [3.8, 4) is 0 Å². The van der Waals surface area contributed by atoms with Gasteiger partial charge in [-0.25, -0.2) is 0 Å². The van der Waals surface area contributed by atoms with Gasteiger partial charge < -0.3 is 0 Å². The Labute approximate surface area is 195 Å². The van der Waals surface area contributed by atoms with Crippen LogP contribution in [0.4, 0.5) is 0 Å². The van der Waals surface area contributed by atoms with Gasteiger partial charge in [0.05, 0.1) is 0 Å². The highest BCUT2D eigenvalue weighted by Gasteiger charge is 1.97. The van der Waals surface area contributed by atoms with Crippen molar-refractivity contribution in [2.24, 2.45) is 35.5 Å². The number of hydrogen-bond donors (Lipinski definition) is 0. The maximum atomic E-state index is 2.30. The minimum absolute atomic E-state index is 0.896. The molecule has 0 saturated heterocycles. The minimum Gasteiger partial charge on any atom is -0.0628 e. The summed E-state index contributed by atoms with van der Waals surface area (Å²) in [6.45, 7) is 27.6. The van der Waals surface area contributed by atoms with Crippen molar-refractivity contribution in [2.45, 2.75) is 160 Å². The quantitative estimate of drug-likeness (QED) is 0.228. The molecule has 186 valence electrons. The van der Waals surface area contributed by atoms with Crippen LogP contribution in [-0.4, -0.2) is 0 Å². The van der Waals surface area contributed by atoms with Crippen LogP contribution in [0, 0.1) is 35.5 Å². The Bertz CT molecular complexity index is 205. The molecular formula is C30H66. The Morgan fingerprint density at radius 1 is 0.233 bits per heavy atom. The number of rotatable bonds is 15. The van der Waals surface area contributed by atoms with Crippen LogP contribution in [-0.2, 0) is 0 Å². The first-order valence-corrected chi connectivity index (χ1v) is 13.9. The first kappa shape index (κ1) is 34.6. The molecule has 30 heavy (non-hydrogen) atoms. The summed E-state index contributed by atoms with van der Waals surface area (Å²) in [6.07, 6.45) is 17.0. The fourth-order valence-electron chi connectivity index (χ4n) is 3.32. The first-order chi connectivity index (χ1) is 13.9. The van der Waals surface area contributed by atoms with Crippen molar-refractivity contribution in [3.63, 3.8) is 0 Å². The highest BCUT2D eigenvalue weighted by molar-refractivity contribution is 4.51.